The number of nitrogens with zero attached hydrogens (tertiary/aromatic N) is 1. The van der Waals surface area contributed by atoms with Crippen LogP contribution in [0.25, 0.3) is 0 Å². The number of aromatic nitrogens is 2. The maximum atomic E-state index is 11.8. The fraction of sp³-hybridized carbons (Fsp3) is 0.636. The zero-order chi connectivity index (χ0) is 11.5. The van der Waals surface area contributed by atoms with E-state index in [1.165, 1.54) is 0 Å². The van der Waals surface area contributed by atoms with Gasteiger partial charge in [-0.2, -0.15) is 0 Å². The first-order valence-electron chi connectivity index (χ1n) is 5.59. The lowest BCUT2D eigenvalue weighted by molar-refractivity contribution is 0.117. The second-order valence-electron chi connectivity index (χ2n) is 4.12. The molecule has 1 aliphatic rings. The zero-order valence-corrected chi connectivity index (χ0v) is 9.67. The molecule has 16 heavy (non-hydrogen) atoms. The second kappa shape index (κ2) is 4.65. The summed E-state index contributed by atoms with van der Waals surface area (Å²) in [7, 11) is 1.65. The molecule has 2 heterocycles. The third kappa shape index (κ3) is 2.24. The van der Waals surface area contributed by atoms with Crippen molar-refractivity contribution in [2.45, 2.75) is 32.3 Å². The van der Waals surface area contributed by atoms with E-state index in [2.05, 4.69) is 15.3 Å². The van der Waals surface area contributed by atoms with Crippen LogP contribution >= 0.6 is 0 Å². The first-order valence-corrected chi connectivity index (χ1v) is 5.59. The van der Waals surface area contributed by atoms with Gasteiger partial charge in [-0.05, 0) is 19.8 Å². The second-order valence-corrected chi connectivity index (χ2v) is 4.12. The van der Waals surface area contributed by atoms with Gasteiger partial charge in [-0.25, -0.2) is 4.98 Å². The minimum absolute atomic E-state index is 0.0181. The third-order valence-electron chi connectivity index (χ3n) is 2.84. The van der Waals surface area contributed by atoms with E-state index in [9.17, 15) is 4.79 Å². The summed E-state index contributed by atoms with van der Waals surface area (Å²) < 4.78 is 5.16. The van der Waals surface area contributed by atoms with Crippen LogP contribution in [0, 0.1) is 0 Å². The van der Waals surface area contributed by atoms with Gasteiger partial charge in [0.05, 0.1) is 11.7 Å². The molecular weight excluding hydrogens is 206 g/mol. The number of methoxy groups -OCH3 is 1. The molecule has 1 aliphatic heterocycles. The van der Waals surface area contributed by atoms with Gasteiger partial charge < -0.3 is 15.0 Å². The summed E-state index contributed by atoms with van der Waals surface area (Å²) in [6.45, 7) is 2.84. The minimum atomic E-state index is -0.0181. The van der Waals surface area contributed by atoms with E-state index in [0.29, 0.717) is 12.2 Å². The van der Waals surface area contributed by atoms with Crippen molar-refractivity contribution < 1.29 is 4.74 Å². The SMILES string of the molecule is COC(C)Cc1nc2c(c(=O)[nH]1)CCCN2. The predicted octanol–water partition coefficient (Wildman–Crippen LogP) is 0.705. The van der Waals surface area contributed by atoms with E-state index in [-0.39, 0.29) is 11.7 Å². The number of anilines is 1. The minimum Gasteiger partial charge on any atom is -0.381 e. The van der Waals surface area contributed by atoms with Crippen molar-refractivity contribution in [3.63, 3.8) is 0 Å². The normalized spacial score (nSPS) is 16.4. The quantitative estimate of drug-likeness (QED) is 0.791. The van der Waals surface area contributed by atoms with Crippen molar-refractivity contribution >= 4 is 5.82 Å². The highest BCUT2D eigenvalue weighted by molar-refractivity contribution is 5.45. The average molecular weight is 223 g/mol. The molecule has 1 unspecified atom stereocenters. The van der Waals surface area contributed by atoms with Gasteiger partial charge in [-0.3, -0.25) is 4.79 Å². The smallest absolute Gasteiger partial charge is 0.256 e. The topological polar surface area (TPSA) is 67.0 Å². The van der Waals surface area contributed by atoms with E-state index >= 15 is 0 Å². The van der Waals surface area contributed by atoms with Gasteiger partial charge in [-0.1, -0.05) is 0 Å². The summed E-state index contributed by atoms with van der Waals surface area (Å²) in [5.41, 5.74) is 0.760. The fourth-order valence-electron chi connectivity index (χ4n) is 1.85. The number of ether oxygens (including phenoxy) is 1. The largest absolute Gasteiger partial charge is 0.381 e. The number of hydrogen-bond donors (Lipinski definition) is 2. The van der Waals surface area contributed by atoms with Gasteiger partial charge >= 0.3 is 0 Å². The van der Waals surface area contributed by atoms with Crippen LogP contribution in [0.4, 0.5) is 5.82 Å². The summed E-state index contributed by atoms with van der Waals surface area (Å²) in [5, 5.41) is 3.16. The van der Waals surface area contributed by atoms with Crippen molar-refractivity contribution in [1.82, 2.24) is 9.97 Å². The Morgan fingerprint density at radius 2 is 2.38 bits per heavy atom. The van der Waals surface area contributed by atoms with Crippen LogP contribution in [0.5, 0.6) is 0 Å². The van der Waals surface area contributed by atoms with Gasteiger partial charge in [0.25, 0.3) is 5.56 Å². The summed E-state index contributed by atoms with van der Waals surface area (Å²) in [6, 6.07) is 0. The highest BCUT2D eigenvalue weighted by atomic mass is 16.5. The summed E-state index contributed by atoms with van der Waals surface area (Å²) in [4.78, 5) is 19.0. The van der Waals surface area contributed by atoms with Crippen LogP contribution in [0.1, 0.15) is 24.7 Å². The molecule has 88 valence electrons. The molecule has 1 aromatic rings. The highest BCUT2D eigenvalue weighted by Crippen LogP contribution is 2.15. The Morgan fingerprint density at radius 1 is 1.56 bits per heavy atom. The molecular formula is C11H17N3O2. The molecule has 0 amide bonds. The number of hydrogen-bond acceptors (Lipinski definition) is 4. The summed E-state index contributed by atoms with van der Waals surface area (Å²) >= 11 is 0. The van der Waals surface area contributed by atoms with Crippen LogP contribution in [0.3, 0.4) is 0 Å². The monoisotopic (exact) mass is 223 g/mol. The molecule has 0 aromatic carbocycles. The maximum absolute atomic E-state index is 11.8. The molecule has 0 fully saturated rings. The Bertz CT molecular complexity index is 428. The van der Waals surface area contributed by atoms with Gasteiger partial charge in [-0.15, -0.1) is 0 Å². The Kier molecular flexibility index (Phi) is 3.24. The van der Waals surface area contributed by atoms with Crippen LogP contribution in [-0.2, 0) is 17.6 Å². The Balaban J connectivity index is 2.28. The molecule has 0 radical (unpaired) electrons. The lowest BCUT2D eigenvalue weighted by Crippen LogP contribution is -2.26. The van der Waals surface area contributed by atoms with E-state index < -0.39 is 0 Å². The first-order chi connectivity index (χ1) is 7.70. The van der Waals surface area contributed by atoms with Gasteiger partial charge in [0.2, 0.25) is 0 Å². The molecule has 0 spiro atoms. The molecule has 2 N–H and O–H groups in total. The third-order valence-corrected chi connectivity index (χ3v) is 2.84. The van der Waals surface area contributed by atoms with Crippen molar-refractivity contribution in [3.8, 4) is 0 Å². The Hall–Kier alpha value is -1.36. The summed E-state index contributed by atoms with van der Waals surface area (Å²) in [5.74, 6) is 1.43. The van der Waals surface area contributed by atoms with Crippen LogP contribution in [0.15, 0.2) is 4.79 Å². The predicted molar refractivity (Wildman–Crippen MR) is 61.8 cm³/mol. The standard InChI is InChI=1S/C11H17N3O2/c1-7(16-2)6-9-13-10-8(11(15)14-9)4-3-5-12-10/h7H,3-6H2,1-2H3,(H2,12,13,14,15). The van der Waals surface area contributed by atoms with Gasteiger partial charge in [0, 0.05) is 20.1 Å². The molecule has 5 nitrogen and oxygen atoms in total. The molecule has 1 aromatic heterocycles. The molecule has 0 saturated heterocycles. The van der Waals surface area contributed by atoms with Crippen LogP contribution in [0.2, 0.25) is 0 Å². The van der Waals surface area contributed by atoms with Crippen molar-refractivity contribution in [3.05, 3.63) is 21.7 Å². The number of nitrogens with one attached hydrogen (secondary N) is 2. The van der Waals surface area contributed by atoms with E-state index in [1.807, 2.05) is 6.92 Å². The fourth-order valence-corrected chi connectivity index (χ4v) is 1.85. The molecule has 0 saturated carbocycles. The maximum Gasteiger partial charge on any atom is 0.256 e. The van der Waals surface area contributed by atoms with Gasteiger partial charge in [0.15, 0.2) is 0 Å². The molecule has 0 aliphatic carbocycles. The molecule has 5 heteroatoms. The van der Waals surface area contributed by atoms with Gasteiger partial charge in [0.1, 0.15) is 11.6 Å². The lowest BCUT2D eigenvalue weighted by Gasteiger charge is -2.17. The molecule has 0 bridgehead atoms. The van der Waals surface area contributed by atoms with E-state index in [1.54, 1.807) is 7.11 Å². The van der Waals surface area contributed by atoms with Crippen LogP contribution < -0.4 is 10.9 Å². The van der Waals surface area contributed by atoms with Crippen LogP contribution in [-0.4, -0.2) is 29.7 Å². The van der Waals surface area contributed by atoms with Crippen molar-refractivity contribution in [2.75, 3.05) is 19.0 Å². The molecule has 1 atom stereocenters. The van der Waals surface area contributed by atoms with Crippen molar-refractivity contribution in [1.29, 1.82) is 0 Å². The lowest BCUT2D eigenvalue weighted by atomic mass is 10.1. The number of H-pyrrole nitrogens is 1. The average Bonchev–Trinajstić information content (AvgIpc) is 2.29. The summed E-state index contributed by atoms with van der Waals surface area (Å²) in [6.07, 6.45) is 2.49. The van der Waals surface area contributed by atoms with E-state index in [0.717, 1.165) is 30.8 Å². The van der Waals surface area contributed by atoms with Crippen molar-refractivity contribution in [2.24, 2.45) is 0 Å². The number of fused-ring (bicyclic) bond motifs is 1. The first kappa shape index (κ1) is 11.1. The number of aromatic amines is 1. The molecule has 2 rings (SSSR count). The Morgan fingerprint density at radius 3 is 3.12 bits per heavy atom. The highest BCUT2D eigenvalue weighted by Gasteiger charge is 2.15. The Labute approximate surface area is 94.2 Å². The zero-order valence-electron chi connectivity index (χ0n) is 9.67. The number of rotatable bonds is 3. The van der Waals surface area contributed by atoms with E-state index in [4.69, 9.17) is 4.74 Å².